The number of hydrogen-bond acceptors (Lipinski definition) is 4. The molecule has 4 nitrogen and oxygen atoms in total. The molecule has 4 heteroatoms. The molecule has 0 saturated carbocycles. The average molecular weight is 252 g/mol. The van der Waals surface area contributed by atoms with Gasteiger partial charge in [0.05, 0.1) is 12.2 Å². The number of ketones is 1. The summed E-state index contributed by atoms with van der Waals surface area (Å²) in [4.78, 5) is 12.0. The Morgan fingerprint density at radius 1 is 1.06 bits per heavy atom. The highest BCUT2D eigenvalue weighted by Crippen LogP contribution is 2.20. The minimum atomic E-state index is 0.0834. The summed E-state index contributed by atoms with van der Waals surface area (Å²) in [6.07, 6.45) is 1.19. The van der Waals surface area contributed by atoms with E-state index in [0.717, 1.165) is 6.42 Å². The molecular weight excluding hydrogens is 232 g/mol. The van der Waals surface area contributed by atoms with E-state index in [-0.39, 0.29) is 5.78 Å². The highest BCUT2D eigenvalue weighted by atomic mass is 16.5. The molecule has 0 aliphatic rings. The van der Waals surface area contributed by atoms with Crippen molar-refractivity contribution in [1.29, 1.82) is 0 Å². The van der Waals surface area contributed by atoms with Crippen molar-refractivity contribution in [2.45, 2.75) is 12.8 Å². The quantitative estimate of drug-likeness (QED) is 0.500. The minimum absolute atomic E-state index is 0.0834. The molecule has 1 rings (SSSR count). The Morgan fingerprint density at radius 2 is 1.78 bits per heavy atom. The van der Waals surface area contributed by atoms with Gasteiger partial charge in [0.25, 0.3) is 0 Å². The Balaban J connectivity index is 2.59. The molecule has 0 heterocycles. The zero-order valence-corrected chi connectivity index (χ0v) is 11.0. The summed E-state index contributed by atoms with van der Waals surface area (Å²) >= 11 is 0. The highest BCUT2D eigenvalue weighted by Gasteiger charge is 2.11. The molecule has 100 valence electrons. The minimum Gasteiger partial charge on any atom is -0.490 e. The van der Waals surface area contributed by atoms with Crippen LogP contribution in [0.5, 0.6) is 5.75 Å². The predicted octanol–water partition coefficient (Wildman–Crippen LogP) is 2.32. The van der Waals surface area contributed by atoms with E-state index in [1.54, 1.807) is 26.4 Å². The standard InChI is InChI=1S/C14H20O4/c1-16-9-5-7-13(15)12-6-3-4-8-14(12)18-11-10-17-2/h3-4,6,8H,5,7,9-11H2,1-2H3. The first-order chi connectivity index (χ1) is 8.79. The number of para-hydroxylation sites is 1. The molecule has 1 aromatic rings. The third-order valence-electron chi connectivity index (χ3n) is 2.48. The molecule has 18 heavy (non-hydrogen) atoms. The van der Waals surface area contributed by atoms with Gasteiger partial charge in [0.1, 0.15) is 12.4 Å². The summed E-state index contributed by atoms with van der Waals surface area (Å²) in [6.45, 7) is 1.55. The fourth-order valence-corrected chi connectivity index (χ4v) is 1.57. The Labute approximate surface area is 108 Å². The summed E-state index contributed by atoms with van der Waals surface area (Å²) in [5.41, 5.74) is 0.629. The monoisotopic (exact) mass is 252 g/mol. The fraction of sp³-hybridized carbons (Fsp3) is 0.500. The van der Waals surface area contributed by atoms with Gasteiger partial charge in [0.15, 0.2) is 5.78 Å². The van der Waals surface area contributed by atoms with Gasteiger partial charge in [-0.25, -0.2) is 0 Å². The first kappa shape index (κ1) is 14.7. The van der Waals surface area contributed by atoms with Crippen LogP contribution in [0.1, 0.15) is 23.2 Å². The van der Waals surface area contributed by atoms with Crippen molar-refractivity contribution in [3.05, 3.63) is 29.8 Å². The van der Waals surface area contributed by atoms with E-state index in [9.17, 15) is 4.79 Å². The summed E-state index contributed by atoms with van der Waals surface area (Å²) in [7, 11) is 3.25. The normalized spacial score (nSPS) is 10.3. The molecule has 0 spiro atoms. The van der Waals surface area contributed by atoms with Crippen molar-refractivity contribution in [3.63, 3.8) is 0 Å². The van der Waals surface area contributed by atoms with Crippen LogP contribution in [0.25, 0.3) is 0 Å². The van der Waals surface area contributed by atoms with Gasteiger partial charge in [-0.2, -0.15) is 0 Å². The lowest BCUT2D eigenvalue weighted by molar-refractivity contribution is 0.0955. The van der Waals surface area contributed by atoms with Crippen LogP contribution in [0.4, 0.5) is 0 Å². The van der Waals surface area contributed by atoms with Gasteiger partial charge in [-0.1, -0.05) is 12.1 Å². The maximum Gasteiger partial charge on any atom is 0.166 e. The predicted molar refractivity (Wildman–Crippen MR) is 69.3 cm³/mol. The molecule has 0 radical (unpaired) electrons. The van der Waals surface area contributed by atoms with Gasteiger partial charge < -0.3 is 14.2 Å². The summed E-state index contributed by atoms with van der Waals surface area (Å²) in [5.74, 6) is 0.706. The van der Waals surface area contributed by atoms with Crippen LogP contribution in [0.2, 0.25) is 0 Å². The fourth-order valence-electron chi connectivity index (χ4n) is 1.57. The van der Waals surface area contributed by atoms with E-state index in [4.69, 9.17) is 14.2 Å². The number of ether oxygens (including phenoxy) is 3. The van der Waals surface area contributed by atoms with Crippen LogP contribution in [0.15, 0.2) is 24.3 Å². The number of Topliss-reactive ketones (excluding diaryl/α,β-unsaturated/α-hetero) is 1. The van der Waals surface area contributed by atoms with Crippen molar-refractivity contribution in [3.8, 4) is 5.75 Å². The summed E-state index contributed by atoms with van der Waals surface area (Å²) < 4.78 is 15.4. The molecular formula is C14H20O4. The van der Waals surface area contributed by atoms with Crippen LogP contribution >= 0.6 is 0 Å². The second-order valence-corrected chi connectivity index (χ2v) is 3.86. The molecule has 0 bridgehead atoms. The van der Waals surface area contributed by atoms with Crippen molar-refractivity contribution in [2.75, 3.05) is 34.0 Å². The van der Waals surface area contributed by atoms with E-state index in [1.165, 1.54) is 0 Å². The zero-order chi connectivity index (χ0) is 13.2. The molecule has 0 saturated heterocycles. The Bertz CT molecular complexity index is 363. The SMILES string of the molecule is COCCCC(=O)c1ccccc1OCCOC. The van der Waals surface area contributed by atoms with Crippen LogP contribution in [0, 0.1) is 0 Å². The molecule has 0 aromatic heterocycles. The number of hydrogen-bond donors (Lipinski definition) is 0. The number of carbonyl (C=O) groups is 1. The van der Waals surface area contributed by atoms with Crippen LogP contribution in [0.3, 0.4) is 0 Å². The van der Waals surface area contributed by atoms with Crippen molar-refractivity contribution in [2.24, 2.45) is 0 Å². The number of methoxy groups -OCH3 is 2. The highest BCUT2D eigenvalue weighted by molar-refractivity contribution is 5.98. The lowest BCUT2D eigenvalue weighted by atomic mass is 10.1. The second kappa shape index (κ2) is 8.66. The molecule has 0 N–H and O–H groups in total. The maximum absolute atomic E-state index is 12.0. The maximum atomic E-state index is 12.0. The van der Waals surface area contributed by atoms with Gasteiger partial charge in [-0.05, 0) is 18.6 Å². The molecule has 0 aliphatic heterocycles. The lowest BCUT2D eigenvalue weighted by Gasteiger charge is -2.10. The van der Waals surface area contributed by atoms with E-state index in [2.05, 4.69) is 0 Å². The second-order valence-electron chi connectivity index (χ2n) is 3.86. The summed E-state index contributed by atoms with van der Waals surface area (Å²) in [5, 5.41) is 0. The van der Waals surface area contributed by atoms with Crippen LogP contribution in [-0.4, -0.2) is 39.8 Å². The first-order valence-corrected chi connectivity index (χ1v) is 6.02. The van der Waals surface area contributed by atoms with Crippen molar-refractivity contribution < 1.29 is 19.0 Å². The number of carbonyl (C=O) groups excluding carboxylic acids is 1. The third kappa shape index (κ3) is 4.85. The average Bonchev–Trinajstić information content (AvgIpc) is 2.40. The lowest BCUT2D eigenvalue weighted by Crippen LogP contribution is -2.09. The van der Waals surface area contributed by atoms with E-state index in [1.807, 2.05) is 12.1 Å². The van der Waals surface area contributed by atoms with Crippen molar-refractivity contribution in [1.82, 2.24) is 0 Å². The molecule has 0 fully saturated rings. The van der Waals surface area contributed by atoms with Gasteiger partial charge in [0.2, 0.25) is 0 Å². The number of benzene rings is 1. The Hall–Kier alpha value is -1.39. The molecule has 0 atom stereocenters. The largest absolute Gasteiger partial charge is 0.490 e. The van der Waals surface area contributed by atoms with E-state index < -0.39 is 0 Å². The van der Waals surface area contributed by atoms with Gasteiger partial charge in [-0.3, -0.25) is 4.79 Å². The molecule has 0 aliphatic carbocycles. The Kier molecular flexibility index (Phi) is 7.06. The van der Waals surface area contributed by atoms with Crippen molar-refractivity contribution >= 4 is 5.78 Å². The third-order valence-corrected chi connectivity index (χ3v) is 2.48. The molecule has 0 unspecified atom stereocenters. The Morgan fingerprint density at radius 3 is 2.50 bits per heavy atom. The van der Waals surface area contributed by atoms with Gasteiger partial charge in [0, 0.05) is 27.2 Å². The summed E-state index contributed by atoms with van der Waals surface area (Å²) in [6, 6.07) is 7.29. The van der Waals surface area contributed by atoms with Crippen LogP contribution < -0.4 is 4.74 Å². The topological polar surface area (TPSA) is 44.8 Å². The van der Waals surface area contributed by atoms with E-state index >= 15 is 0 Å². The van der Waals surface area contributed by atoms with Gasteiger partial charge >= 0.3 is 0 Å². The first-order valence-electron chi connectivity index (χ1n) is 6.02. The molecule has 0 amide bonds. The van der Waals surface area contributed by atoms with Crippen LogP contribution in [-0.2, 0) is 9.47 Å². The molecule has 1 aromatic carbocycles. The number of rotatable bonds is 9. The smallest absolute Gasteiger partial charge is 0.166 e. The van der Waals surface area contributed by atoms with E-state index in [0.29, 0.717) is 37.6 Å². The van der Waals surface area contributed by atoms with Gasteiger partial charge in [-0.15, -0.1) is 0 Å². The zero-order valence-electron chi connectivity index (χ0n) is 11.0.